The lowest BCUT2D eigenvalue weighted by atomic mass is 10.2. The zero-order valence-corrected chi connectivity index (χ0v) is 18.1. The minimum absolute atomic E-state index is 0.0796. The summed E-state index contributed by atoms with van der Waals surface area (Å²) in [6.45, 7) is 8.61. The zero-order valence-electron chi connectivity index (χ0n) is 17.2. The maximum atomic E-state index is 13.1. The summed E-state index contributed by atoms with van der Waals surface area (Å²) in [6, 6.07) is 2.11. The number of allylic oxidation sites excluding steroid dienone is 1. The number of hydrogen-bond donors (Lipinski definition) is 0. The van der Waals surface area contributed by atoms with Gasteiger partial charge in [-0.05, 0) is 18.2 Å². The number of aromatic nitrogens is 5. The molecule has 0 aromatic carbocycles. The first kappa shape index (κ1) is 22.9. The summed E-state index contributed by atoms with van der Waals surface area (Å²) in [5.41, 5.74) is 0.777. The summed E-state index contributed by atoms with van der Waals surface area (Å²) in [5.74, 6) is -0.223. The highest BCUT2D eigenvalue weighted by molar-refractivity contribution is 8.03. The first-order valence-corrected chi connectivity index (χ1v) is 10.5. The Hall–Kier alpha value is -2.81. The Morgan fingerprint density at radius 2 is 2.06 bits per heavy atom. The number of ether oxygens (including phenoxy) is 1. The van der Waals surface area contributed by atoms with Gasteiger partial charge >= 0.3 is 12.2 Å². The molecule has 0 unspecified atom stereocenters. The zero-order chi connectivity index (χ0) is 22.6. The van der Waals surface area contributed by atoms with Crippen LogP contribution < -0.4 is 9.64 Å². The molecule has 0 fully saturated rings. The van der Waals surface area contributed by atoms with Gasteiger partial charge in [0.05, 0.1) is 19.0 Å². The lowest BCUT2D eigenvalue weighted by Crippen LogP contribution is -2.36. The van der Waals surface area contributed by atoms with Gasteiger partial charge in [0, 0.05) is 18.7 Å². The molecule has 3 heterocycles. The van der Waals surface area contributed by atoms with E-state index in [4.69, 9.17) is 10.00 Å². The van der Waals surface area contributed by atoms with Gasteiger partial charge in [-0.15, -0.1) is 10.2 Å². The minimum atomic E-state index is -4.55. The summed E-state index contributed by atoms with van der Waals surface area (Å²) in [7, 11) is 0. The molecule has 0 radical (unpaired) electrons. The smallest absolute Gasteiger partial charge is 0.451 e. The van der Waals surface area contributed by atoms with Crippen LogP contribution in [0.4, 0.5) is 19.0 Å². The molecule has 0 saturated carbocycles. The Balaban J connectivity index is 1.92. The molecule has 0 bridgehead atoms. The maximum Gasteiger partial charge on any atom is 0.451 e. The van der Waals surface area contributed by atoms with Crippen LogP contribution in [-0.4, -0.2) is 37.9 Å². The van der Waals surface area contributed by atoms with E-state index in [2.05, 4.69) is 33.7 Å². The fraction of sp³-hybridized carbons (Fsp3) is 0.526. The van der Waals surface area contributed by atoms with Gasteiger partial charge in [0.15, 0.2) is 5.82 Å². The van der Waals surface area contributed by atoms with E-state index in [1.54, 1.807) is 0 Å². The fourth-order valence-electron chi connectivity index (χ4n) is 3.14. The van der Waals surface area contributed by atoms with Crippen molar-refractivity contribution in [1.82, 2.24) is 24.7 Å². The second-order valence-electron chi connectivity index (χ2n) is 6.92. The van der Waals surface area contributed by atoms with Crippen molar-refractivity contribution in [2.24, 2.45) is 0 Å². The van der Waals surface area contributed by atoms with Crippen molar-refractivity contribution in [3.63, 3.8) is 0 Å². The van der Waals surface area contributed by atoms with Crippen LogP contribution in [-0.2, 0) is 19.3 Å². The van der Waals surface area contributed by atoms with Gasteiger partial charge in [-0.3, -0.25) is 0 Å². The summed E-state index contributed by atoms with van der Waals surface area (Å²) in [4.78, 5) is 11.7. The molecule has 8 nitrogen and oxygen atoms in total. The molecule has 2 aromatic rings. The van der Waals surface area contributed by atoms with Crippen molar-refractivity contribution in [3.05, 3.63) is 28.7 Å². The first-order valence-electron chi connectivity index (χ1n) is 9.72. The van der Waals surface area contributed by atoms with Crippen LogP contribution in [0, 0.1) is 18.3 Å². The Bertz CT molecular complexity index is 1000. The lowest BCUT2D eigenvalue weighted by molar-refractivity contribution is -0.147. The predicted octanol–water partition coefficient (Wildman–Crippen LogP) is 4.11. The topological polar surface area (TPSA) is 92.8 Å². The molecule has 2 aromatic heterocycles. The second-order valence-corrected chi connectivity index (χ2v) is 8.09. The fourth-order valence-corrected chi connectivity index (χ4v) is 4.09. The average Bonchev–Trinajstić information content (AvgIpc) is 3.14. The summed E-state index contributed by atoms with van der Waals surface area (Å²) >= 11 is 1.42. The summed E-state index contributed by atoms with van der Waals surface area (Å²) in [6.07, 6.45) is -2.60. The molecule has 12 heteroatoms. The number of anilines is 1. The van der Waals surface area contributed by atoms with Crippen molar-refractivity contribution >= 4 is 17.6 Å². The van der Waals surface area contributed by atoms with Crippen LogP contribution in [0.25, 0.3) is 0 Å². The Morgan fingerprint density at radius 3 is 2.74 bits per heavy atom. The van der Waals surface area contributed by atoms with Crippen molar-refractivity contribution in [3.8, 4) is 12.1 Å². The number of hydrogen-bond acceptors (Lipinski definition) is 8. The van der Waals surface area contributed by atoms with Gasteiger partial charge in [0.1, 0.15) is 17.5 Å². The van der Waals surface area contributed by atoms with Crippen molar-refractivity contribution in [1.29, 1.82) is 5.26 Å². The number of halogens is 3. The second kappa shape index (κ2) is 9.55. The third kappa shape index (κ3) is 5.28. The van der Waals surface area contributed by atoms with E-state index in [9.17, 15) is 13.2 Å². The summed E-state index contributed by atoms with van der Waals surface area (Å²) in [5, 5.41) is 16.5. The van der Waals surface area contributed by atoms with E-state index in [0.29, 0.717) is 17.4 Å². The van der Waals surface area contributed by atoms with Crippen molar-refractivity contribution in [2.45, 2.75) is 57.4 Å². The monoisotopic (exact) mass is 453 g/mol. The molecule has 1 aliphatic rings. The normalized spacial score (nSPS) is 13.6. The highest BCUT2D eigenvalue weighted by Crippen LogP contribution is 2.36. The third-order valence-electron chi connectivity index (χ3n) is 4.58. The van der Waals surface area contributed by atoms with Gasteiger partial charge in [0.2, 0.25) is 5.82 Å². The molecule has 1 aliphatic heterocycles. The van der Waals surface area contributed by atoms with Crippen LogP contribution >= 0.6 is 11.8 Å². The van der Waals surface area contributed by atoms with E-state index in [0.717, 1.165) is 27.9 Å². The molecule has 0 saturated heterocycles. The minimum Gasteiger partial charge on any atom is -0.462 e. The SMILES string of the molecule is C=C(CCC)Sc1nc(OCCC#N)nc(N2CCn3c(nnc3C(F)(F)F)C2)c1C. The molecular weight excluding hydrogens is 431 g/mol. The molecule has 0 spiro atoms. The number of nitriles is 1. The number of thioether (sulfide) groups is 1. The molecule has 31 heavy (non-hydrogen) atoms. The van der Waals surface area contributed by atoms with Crippen molar-refractivity contribution in [2.75, 3.05) is 18.1 Å². The van der Waals surface area contributed by atoms with Gasteiger partial charge in [-0.1, -0.05) is 31.7 Å². The number of fused-ring (bicyclic) bond motifs is 1. The number of nitrogens with zero attached hydrogens (tertiary/aromatic N) is 7. The quantitative estimate of drug-likeness (QED) is 0.335. The molecule has 3 rings (SSSR count). The summed E-state index contributed by atoms with van der Waals surface area (Å²) < 4.78 is 46.0. The van der Waals surface area contributed by atoms with Crippen LogP contribution in [0.3, 0.4) is 0 Å². The number of alkyl halides is 3. The molecular formula is C19H22F3N7OS. The highest BCUT2D eigenvalue weighted by atomic mass is 32.2. The van der Waals surface area contributed by atoms with Gasteiger partial charge in [0.25, 0.3) is 0 Å². The molecule has 0 aliphatic carbocycles. The Labute approximate surface area is 182 Å². The Morgan fingerprint density at radius 1 is 1.29 bits per heavy atom. The van der Waals surface area contributed by atoms with Gasteiger partial charge in [-0.2, -0.15) is 28.4 Å². The van der Waals surface area contributed by atoms with Crippen LogP contribution in [0.15, 0.2) is 16.5 Å². The van der Waals surface area contributed by atoms with E-state index in [1.807, 2.05) is 17.9 Å². The standard InChI is InChI=1S/C19H22F3N7OS/c1-4-6-12(2)31-16-13(3)15(24-18(25-16)30-10-5-7-23)28-8-9-29-14(11-28)26-27-17(29)19(20,21)22/h2,4-6,8-11H2,1,3H3. The average molecular weight is 453 g/mol. The van der Waals surface area contributed by atoms with E-state index in [-0.39, 0.29) is 38.0 Å². The van der Waals surface area contributed by atoms with Crippen molar-refractivity contribution < 1.29 is 17.9 Å². The van der Waals surface area contributed by atoms with Gasteiger partial charge < -0.3 is 14.2 Å². The van der Waals surface area contributed by atoms with E-state index in [1.165, 1.54) is 11.8 Å². The van der Waals surface area contributed by atoms with E-state index < -0.39 is 12.0 Å². The van der Waals surface area contributed by atoms with E-state index >= 15 is 0 Å². The van der Waals surface area contributed by atoms with Crippen LogP contribution in [0.1, 0.15) is 43.4 Å². The molecule has 0 N–H and O–H groups in total. The van der Waals surface area contributed by atoms with Gasteiger partial charge in [-0.25, -0.2) is 0 Å². The molecule has 166 valence electrons. The van der Waals surface area contributed by atoms with Crippen LogP contribution in [0.5, 0.6) is 6.01 Å². The molecule has 0 amide bonds. The number of rotatable bonds is 8. The molecule has 0 atom stereocenters. The van der Waals surface area contributed by atoms with Crippen LogP contribution in [0.2, 0.25) is 0 Å². The highest BCUT2D eigenvalue weighted by Gasteiger charge is 2.39. The lowest BCUT2D eigenvalue weighted by Gasteiger charge is -2.30. The maximum absolute atomic E-state index is 13.1. The predicted molar refractivity (Wildman–Crippen MR) is 108 cm³/mol. The third-order valence-corrected chi connectivity index (χ3v) is 5.66. The Kier molecular flexibility index (Phi) is 7.04. The first-order chi connectivity index (χ1) is 14.7. The largest absolute Gasteiger partial charge is 0.462 e.